The third-order valence-electron chi connectivity index (χ3n) is 3.01. The standard InChI is InChI=1S/C14H19N3O/c1-3-17(4-2)14(18)8-7-12(10-15)13-6-5-9-16-11-13/h5-6,9,11-12H,3-4,7-8H2,1-2H3. The van der Waals surface area contributed by atoms with Gasteiger partial charge in [-0.15, -0.1) is 0 Å². The fraction of sp³-hybridized carbons (Fsp3) is 0.500. The molecule has 0 bridgehead atoms. The highest BCUT2D eigenvalue weighted by molar-refractivity contribution is 5.76. The number of pyridine rings is 1. The molecule has 0 radical (unpaired) electrons. The molecule has 0 spiro atoms. The maximum absolute atomic E-state index is 11.9. The van der Waals surface area contributed by atoms with Gasteiger partial charge >= 0.3 is 0 Å². The van der Waals surface area contributed by atoms with Crippen molar-refractivity contribution < 1.29 is 4.79 Å². The lowest BCUT2D eigenvalue weighted by Crippen LogP contribution is -2.30. The zero-order chi connectivity index (χ0) is 13.4. The van der Waals surface area contributed by atoms with Gasteiger partial charge < -0.3 is 4.90 Å². The molecule has 1 heterocycles. The minimum absolute atomic E-state index is 0.115. The first-order chi connectivity index (χ1) is 8.72. The zero-order valence-corrected chi connectivity index (χ0v) is 11.0. The Morgan fingerprint density at radius 2 is 2.22 bits per heavy atom. The molecule has 1 aromatic rings. The number of carbonyl (C=O) groups is 1. The molecular formula is C14H19N3O. The third kappa shape index (κ3) is 3.85. The Balaban J connectivity index is 2.56. The summed E-state index contributed by atoms with van der Waals surface area (Å²) in [6.45, 7) is 5.37. The van der Waals surface area contributed by atoms with Gasteiger partial charge in [0.15, 0.2) is 0 Å². The molecule has 0 aliphatic rings. The van der Waals surface area contributed by atoms with E-state index in [4.69, 9.17) is 5.26 Å². The van der Waals surface area contributed by atoms with Crippen LogP contribution in [-0.2, 0) is 4.79 Å². The molecule has 0 saturated heterocycles. The molecule has 1 aromatic heterocycles. The van der Waals surface area contributed by atoms with Crippen LogP contribution < -0.4 is 0 Å². The van der Waals surface area contributed by atoms with E-state index in [0.717, 1.165) is 18.7 Å². The van der Waals surface area contributed by atoms with Crippen molar-refractivity contribution in [2.24, 2.45) is 0 Å². The highest BCUT2D eigenvalue weighted by Crippen LogP contribution is 2.19. The van der Waals surface area contributed by atoms with Crippen molar-refractivity contribution in [2.75, 3.05) is 13.1 Å². The largest absolute Gasteiger partial charge is 0.343 e. The summed E-state index contributed by atoms with van der Waals surface area (Å²) in [6.07, 6.45) is 4.33. The molecule has 18 heavy (non-hydrogen) atoms. The third-order valence-corrected chi connectivity index (χ3v) is 3.01. The van der Waals surface area contributed by atoms with E-state index >= 15 is 0 Å². The van der Waals surface area contributed by atoms with Gasteiger partial charge in [-0.3, -0.25) is 9.78 Å². The molecule has 0 aliphatic heterocycles. The Kier molecular flexibility index (Phi) is 5.86. The van der Waals surface area contributed by atoms with E-state index in [1.54, 1.807) is 17.3 Å². The normalized spacial score (nSPS) is 11.6. The minimum atomic E-state index is -0.252. The summed E-state index contributed by atoms with van der Waals surface area (Å²) in [6, 6.07) is 5.93. The molecule has 1 atom stereocenters. The average molecular weight is 245 g/mol. The molecule has 1 rings (SSSR count). The maximum atomic E-state index is 11.9. The van der Waals surface area contributed by atoms with Gasteiger partial charge in [0.2, 0.25) is 5.91 Å². The van der Waals surface area contributed by atoms with Gasteiger partial charge in [-0.2, -0.15) is 5.26 Å². The number of hydrogen-bond donors (Lipinski definition) is 0. The van der Waals surface area contributed by atoms with E-state index in [9.17, 15) is 4.79 Å². The molecule has 0 aromatic carbocycles. The van der Waals surface area contributed by atoms with Crippen molar-refractivity contribution in [1.82, 2.24) is 9.88 Å². The average Bonchev–Trinajstić information content (AvgIpc) is 2.42. The molecule has 1 unspecified atom stereocenters. The second kappa shape index (κ2) is 7.44. The summed E-state index contributed by atoms with van der Waals surface area (Å²) >= 11 is 0. The second-order valence-electron chi connectivity index (χ2n) is 4.07. The summed E-state index contributed by atoms with van der Waals surface area (Å²) in [7, 11) is 0. The van der Waals surface area contributed by atoms with Crippen LogP contribution in [0.1, 0.15) is 38.2 Å². The van der Waals surface area contributed by atoms with E-state index < -0.39 is 0 Å². The quantitative estimate of drug-likeness (QED) is 0.773. The number of amides is 1. The van der Waals surface area contributed by atoms with Gasteiger partial charge in [-0.25, -0.2) is 0 Å². The monoisotopic (exact) mass is 245 g/mol. The number of nitrogens with zero attached hydrogens (tertiary/aromatic N) is 3. The fourth-order valence-electron chi connectivity index (χ4n) is 1.89. The molecule has 4 heteroatoms. The van der Waals surface area contributed by atoms with Crippen molar-refractivity contribution in [2.45, 2.75) is 32.6 Å². The van der Waals surface area contributed by atoms with Crippen LogP contribution in [0.25, 0.3) is 0 Å². The Labute approximate surface area is 108 Å². The van der Waals surface area contributed by atoms with Gasteiger partial charge in [-0.1, -0.05) is 6.07 Å². The van der Waals surface area contributed by atoms with Crippen LogP contribution in [0.5, 0.6) is 0 Å². The zero-order valence-electron chi connectivity index (χ0n) is 11.0. The van der Waals surface area contributed by atoms with Crippen LogP contribution in [0.15, 0.2) is 24.5 Å². The van der Waals surface area contributed by atoms with Crippen LogP contribution in [0.3, 0.4) is 0 Å². The van der Waals surface area contributed by atoms with Gasteiger partial charge in [0, 0.05) is 31.9 Å². The maximum Gasteiger partial charge on any atom is 0.222 e. The Morgan fingerprint density at radius 3 is 2.72 bits per heavy atom. The van der Waals surface area contributed by atoms with Gasteiger partial charge in [0.25, 0.3) is 0 Å². The number of nitriles is 1. The van der Waals surface area contributed by atoms with Crippen molar-refractivity contribution in [3.8, 4) is 6.07 Å². The van der Waals surface area contributed by atoms with Crippen molar-refractivity contribution in [3.63, 3.8) is 0 Å². The van der Waals surface area contributed by atoms with Crippen LogP contribution in [0.2, 0.25) is 0 Å². The molecule has 0 aliphatic carbocycles. The van der Waals surface area contributed by atoms with Crippen molar-refractivity contribution in [3.05, 3.63) is 30.1 Å². The molecule has 0 N–H and O–H groups in total. The minimum Gasteiger partial charge on any atom is -0.343 e. The Morgan fingerprint density at radius 1 is 1.50 bits per heavy atom. The summed E-state index contributed by atoms with van der Waals surface area (Å²) in [4.78, 5) is 17.6. The summed E-state index contributed by atoms with van der Waals surface area (Å²) in [5.41, 5.74) is 0.882. The van der Waals surface area contributed by atoms with Crippen LogP contribution in [0, 0.1) is 11.3 Å². The summed E-state index contributed by atoms with van der Waals surface area (Å²) in [5, 5.41) is 9.14. The molecule has 0 fully saturated rings. The van der Waals surface area contributed by atoms with E-state index in [-0.39, 0.29) is 11.8 Å². The number of aromatic nitrogens is 1. The molecule has 96 valence electrons. The van der Waals surface area contributed by atoms with Gasteiger partial charge in [-0.05, 0) is 31.9 Å². The summed E-state index contributed by atoms with van der Waals surface area (Å²) in [5.74, 6) is -0.137. The molecule has 1 amide bonds. The SMILES string of the molecule is CCN(CC)C(=O)CCC(C#N)c1cccnc1. The first-order valence-corrected chi connectivity index (χ1v) is 6.30. The first kappa shape index (κ1) is 14.2. The smallest absolute Gasteiger partial charge is 0.222 e. The van der Waals surface area contributed by atoms with Crippen LogP contribution in [-0.4, -0.2) is 28.9 Å². The van der Waals surface area contributed by atoms with E-state index in [2.05, 4.69) is 11.1 Å². The lowest BCUT2D eigenvalue weighted by atomic mass is 9.97. The predicted octanol–water partition coefficient (Wildman–Crippen LogP) is 2.34. The van der Waals surface area contributed by atoms with Crippen molar-refractivity contribution in [1.29, 1.82) is 5.26 Å². The summed E-state index contributed by atoms with van der Waals surface area (Å²) < 4.78 is 0. The Hall–Kier alpha value is -1.89. The van der Waals surface area contributed by atoms with Gasteiger partial charge in [0.05, 0.1) is 12.0 Å². The van der Waals surface area contributed by atoms with E-state index in [0.29, 0.717) is 12.8 Å². The fourth-order valence-corrected chi connectivity index (χ4v) is 1.89. The lowest BCUT2D eigenvalue weighted by Gasteiger charge is -2.19. The number of carbonyl (C=O) groups excluding carboxylic acids is 1. The predicted molar refractivity (Wildman–Crippen MR) is 69.8 cm³/mol. The van der Waals surface area contributed by atoms with E-state index in [1.807, 2.05) is 26.0 Å². The highest BCUT2D eigenvalue weighted by atomic mass is 16.2. The number of rotatable bonds is 6. The topological polar surface area (TPSA) is 57.0 Å². The van der Waals surface area contributed by atoms with Crippen LogP contribution in [0.4, 0.5) is 0 Å². The molecular weight excluding hydrogens is 226 g/mol. The highest BCUT2D eigenvalue weighted by Gasteiger charge is 2.15. The number of hydrogen-bond acceptors (Lipinski definition) is 3. The molecule has 0 saturated carbocycles. The molecule has 4 nitrogen and oxygen atoms in total. The van der Waals surface area contributed by atoms with Gasteiger partial charge in [0.1, 0.15) is 0 Å². The lowest BCUT2D eigenvalue weighted by molar-refractivity contribution is -0.130. The first-order valence-electron chi connectivity index (χ1n) is 6.30. The van der Waals surface area contributed by atoms with Crippen molar-refractivity contribution >= 4 is 5.91 Å². The Bertz CT molecular complexity index is 407. The second-order valence-corrected chi connectivity index (χ2v) is 4.07. The van der Waals surface area contributed by atoms with E-state index in [1.165, 1.54) is 0 Å². The van der Waals surface area contributed by atoms with Crippen LogP contribution >= 0.6 is 0 Å².